The lowest BCUT2D eigenvalue weighted by Gasteiger charge is -2.22. The molecule has 31 heavy (non-hydrogen) atoms. The number of hydrogen-bond acceptors (Lipinski definition) is 3. The standard InChI is InChI=1S/C24H25ClN2O3S/c1-18(20-6-4-3-5-7-20)16-26-24(28)21-10-8-19(9-11-21)17-27(31(2,29)30)23-14-12-22(25)13-15-23/h3-15,18H,16-17H2,1-2H3,(H,26,28). The summed E-state index contributed by atoms with van der Waals surface area (Å²) in [5.41, 5.74) is 3.00. The monoisotopic (exact) mass is 456 g/mol. The van der Waals surface area contributed by atoms with Crippen LogP contribution in [0.15, 0.2) is 78.9 Å². The highest BCUT2D eigenvalue weighted by atomic mass is 35.5. The SMILES string of the molecule is CC(CNC(=O)c1ccc(CN(c2ccc(Cl)cc2)S(C)(=O)=O)cc1)c1ccccc1. The van der Waals surface area contributed by atoms with Gasteiger partial charge in [-0.3, -0.25) is 9.10 Å². The molecule has 0 aromatic heterocycles. The average molecular weight is 457 g/mol. The molecule has 0 bridgehead atoms. The van der Waals surface area contributed by atoms with Gasteiger partial charge >= 0.3 is 0 Å². The molecule has 0 saturated carbocycles. The smallest absolute Gasteiger partial charge is 0.251 e. The topological polar surface area (TPSA) is 66.5 Å². The quantitative estimate of drug-likeness (QED) is 0.527. The van der Waals surface area contributed by atoms with E-state index in [1.165, 1.54) is 9.87 Å². The van der Waals surface area contributed by atoms with Crippen LogP contribution >= 0.6 is 11.6 Å². The Labute approximate surface area is 188 Å². The molecule has 3 aromatic carbocycles. The van der Waals surface area contributed by atoms with Gasteiger partial charge in [0.25, 0.3) is 5.91 Å². The minimum absolute atomic E-state index is 0.160. The van der Waals surface area contributed by atoms with Gasteiger partial charge in [-0.15, -0.1) is 0 Å². The first kappa shape index (κ1) is 22.8. The third kappa shape index (κ3) is 6.32. The first-order chi connectivity index (χ1) is 14.7. The van der Waals surface area contributed by atoms with Gasteiger partial charge in [0, 0.05) is 17.1 Å². The second-order valence-electron chi connectivity index (χ2n) is 7.46. The van der Waals surface area contributed by atoms with Crippen LogP contribution in [0.5, 0.6) is 0 Å². The molecule has 7 heteroatoms. The van der Waals surface area contributed by atoms with Crippen LogP contribution in [0.2, 0.25) is 5.02 Å². The number of nitrogens with zero attached hydrogens (tertiary/aromatic N) is 1. The Morgan fingerprint density at radius 2 is 1.58 bits per heavy atom. The zero-order valence-electron chi connectivity index (χ0n) is 17.5. The molecule has 0 saturated heterocycles. The van der Waals surface area contributed by atoms with E-state index in [4.69, 9.17) is 11.6 Å². The van der Waals surface area contributed by atoms with Crippen LogP contribution in [0.4, 0.5) is 5.69 Å². The van der Waals surface area contributed by atoms with Crippen molar-refractivity contribution in [1.82, 2.24) is 5.32 Å². The molecule has 5 nitrogen and oxygen atoms in total. The number of anilines is 1. The maximum atomic E-state index is 12.5. The number of rotatable bonds is 8. The second kappa shape index (κ2) is 9.98. The Hall–Kier alpha value is -2.83. The summed E-state index contributed by atoms with van der Waals surface area (Å²) in [6.07, 6.45) is 1.16. The van der Waals surface area contributed by atoms with Crippen LogP contribution < -0.4 is 9.62 Å². The summed E-state index contributed by atoms with van der Waals surface area (Å²) in [7, 11) is -3.49. The van der Waals surface area contributed by atoms with E-state index in [1.807, 2.05) is 30.3 Å². The molecule has 0 aliphatic heterocycles. The number of nitrogens with one attached hydrogen (secondary N) is 1. The van der Waals surface area contributed by atoms with Crippen molar-refractivity contribution >= 4 is 33.2 Å². The summed E-state index contributed by atoms with van der Waals surface area (Å²) in [5, 5.41) is 3.49. The molecule has 0 fully saturated rings. The Bertz CT molecular complexity index is 1120. The lowest BCUT2D eigenvalue weighted by molar-refractivity contribution is 0.0951. The number of carbonyl (C=O) groups excluding carboxylic acids is 1. The first-order valence-electron chi connectivity index (χ1n) is 9.89. The second-order valence-corrected chi connectivity index (χ2v) is 9.81. The van der Waals surface area contributed by atoms with E-state index in [-0.39, 0.29) is 18.4 Å². The van der Waals surface area contributed by atoms with Gasteiger partial charge in [0.1, 0.15) is 0 Å². The van der Waals surface area contributed by atoms with E-state index >= 15 is 0 Å². The van der Waals surface area contributed by atoms with Gasteiger partial charge in [0.05, 0.1) is 18.5 Å². The molecule has 1 amide bonds. The average Bonchev–Trinajstić information content (AvgIpc) is 2.76. The summed E-state index contributed by atoms with van der Waals surface area (Å²) < 4.78 is 25.9. The van der Waals surface area contributed by atoms with Crippen molar-refractivity contribution in [3.05, 3.63) is 101 Å². The van der Waals surface area contributed by atoms with Crippen molar-refractivity contribution < 1.29 is 13.2 Å². The van der Waals surface area contributed by atoms with Crippen LogP contribution in [0.25, 0.3) is 0 Å². The van der Waals surface area contributed by atoms with Crippen molar-refractivity contribution in [3.8, 4) is 0 Å². The molecule has 3 rings (SSSR count). The summed E-state index contributed by atoms with van der Waals surface area (Å²) >= 11 is 5.91. The van der Waals surface area contributed by atoms with Gasteiger partial charge in [0.15, 0.2) is 0 Å². The molecule has 3 aromatic rings. The zero-order chi connectivity index (χ0) is 22.4. The van der Waals surface area contributed by atoms with Crippen molar-refractivity contribution in [3.63, 3.8) is 0 Å². The lowest BCUT2D eigenvalue weighted by atomic mass is 10.0. The predicted octanol–water partition coefficient (Wildman–Crippen LogP) is 4.84. The van der Waals surface area contributed by atoms with E-state index in [9.17, 15) is 13.2 Å². The summed E-state index contributed by atoms with van der Waals surface area (Å²) in [5.74, 6) is 0.0409. The fourth-order valence-corrected chi connectivity index (χ4v) is 4.20. The minimum Gasteiger partial charge on any atom is -0.351 e. The molecule has 0 aliphatic carbocycles. The molecule has 162 valence electrons. The van der Waals surface area contributed by atoms with E-state index < -0.39 is 10.0 Å². The van der Waals surface area contributed by atoms with Gasteiger partial charge in [-0.1, -0.05) is 61.0 Å². The Morgan fingerprint density at radius 1 is 0.968 bits per heavy atom. The van der Waals surface area contributed by atoms with Crippen LogP contribution in [0.1, 0.15) is 34.3 Å². The fraction of sp³-hybridized carbons (Fsp3) is 0.208. The van der Waals surface area contributed by atoms with Crippen molar-refractivity contribution in [2.45, 2.75) is 19.4 Å². The molecule has 1 atom stereocenters. The summed E-state index contributed by atoms with van der Waals surface area (Å²) in [6.45, 7) is 2.76. The predicted molar refractivity (Wildman–Crippen MR) is 126 cm³/mol. The van der Waals surface area contributed by atoms with Crippen molar-refractivity contribution in [2.24, 2.45) is 0 Å². The van der Waals surface area contributed by atoms with Gasteiger partial charge in [-0.05, 0) is 53.4 Å². The van der Waals surface area contributed by atoms with Crippen LogP contribution in [-0.4, -0.2) is 27.1 Å². The molecule has 0 heterocycles. The van der Waals surface area contributed by atoms with E-state index in [0.717, 1.165) is 11.8 Å². The molecule has 0 aliphatic rings. The highest BCUT2D eigenvalue weighted by Crippen LogP contribution is 2.23. The third-order valence-electron chi connectivity index (χ3n) is 4.99. The van der Waals surface area contributed by atoms with E-state index in [1.54, 1.807) is 48.5 Å². The molecule has 0 radical (unpaired) electrons. The van der Waals surface area contributed by atoms with Crippen LogP contribution in [-0.2, 0) is 16.6 Å². The number of amides is 1. The number of sulfonamides is 1. The highest BCUT2D eigenvalue weighted by Gasteiger charge is 2.18. The molecule has 0 spiro atoms. The lowest BCUT2D eigenvalue weighted by Crippen LogP contribution is -2.29. The summed E-state index contributed by atoms with van der Waals surface area (Å²) in [6, 6.07) is 23.6. The van der Waals surface area contributed by atoms with E-state index in [0.29, 0.717) is 22.8 Å². The number of halogens is 1. The number of benzene rings is 3. The normalized spacial score (nSPS) is 12.2. The highest BCUT2D eigenvalue weighted by molar-refractivity contribution is 7.92. The Kier molecular flexibility index (Phi) is 7.36. The molecular weight excluding hydrogens is 432 g/mol. The van der Waals surface area contributed by atoms with Gasteiger partial charge in [-0.2, -0.15) is 0 Å². The Balaban J connectivity index is 1.65. The first-order valence-corrected chi connectivity index (χ1v) is 12.1. The number of hydrogen-bond donors (Lipinski definition) is 1. The molecule has 1 N–H and O–H groups in total. The van der Waals surface area contributed by atoms with Gasteiger partial charge < -0.3 is 5.32 Å². The minimum atomic E-state index is -3.49. The maximum absolute atomic E-state index is 12.5. The summed E-state index contributed by atoms with van der Waals surface area (Å²) in [4.78, 5) is 12.5. The molecular formula is C24H25ClN2O3S. The molecule has 1 unspecified atom stereocenters. The largest absolute Gasteiger partial charge is 0.351 e. The third-order valence-corrected chi connectivity index (χ3v) is 6.39. The Morgan fingerprint density at radius 3 is 2.16 bits per heavy atom. The van der Waals surface area contributed by atoms with Gasteiger partial charge in [-0.25, -0.2) is 8.42 Å². The van der Waals surface area contributed by atoms with Crippen LogP contribution in [0.3, 0.4) is 0 Å². The van der Waals surface area contributed by atoms with Crippen molar-refractivity contribution in [1.29, 1.82) is 0 Å². The maximum Gasteiger partial charge on any atom is 0.251 e. The van der Waals surface area contributed by atoms with Crippen LogP contribution in [0, 0.1) is 0 Å². The van der Waals surface area contributed by atoms with E-state index in [2.05, 4.69) is 12.2 Å². The number of carbonyl (C=O) groups is 1. The van der Waals surface area contributed by atoms with Gasteiger partial charge in [0.2, 0.25) is 10.0 Å². The fourth-order valence-electron chi connectivity index (χ4n) is 3.18. The van der Waals surface area contributed by atoms with Crippen molar-refractivity contribution in [2.75, 3.05) is 17.1 Å². The zero-order valence-corrected chi connectivity index (χ0v) is 19.0.